The number of halogens is 2. The number of hydrogen-bond acceptors (Lipinski definition) is 6. The van der Waals surface area contributed by atoms with Crippen LogP contribution in [0.4, 0.5) is 0 Å². The van der Waals surface area contributed by atoms with Crippen LogP contribution >= 0.6 is 23.2 Å². The summed E-state index contributed by atoms with van der Waals surface area (Å²) in [5.41, 5.74) is 1.22. The van der Waals surface area contributed by atoms with E-state index in [0.717, 1.165) is 0 Å². The van der Waals surface area contributed by atoms with E-state index in [1.807, 2.05) is 0 Å². The number of carbonyl (C=O) groups excluding carboxylic acids is 1. The Kier molecular flexibility index (Phi) is 5.58. The zero-order valence-electron chi connectivity index (χ0n) is 14.7. The molecule has 0 saturated heterocycles. The van der Waals surface area contributed by atoms with Crippen molar-refractivity contribution >= 4 is 41.1 Å². The Balaban J connectivity index is 2.02. The lowest BCUT2D eigenvalue weighted by Crippen LogP contribution is -2.06. The van der Waals surface area contributed by atoms with Crippen LogP contribution in [0.15, 0.2) is 41.0 Å². The molecule has 6 nitrogen and oxygen atoms in total. The zero-order valence-corrected chi connectivity index (χ0v) is 16.2. The molecule has 0 fully saturated rings. The third-order valence-electron chi connectivity index (χ3n) is 3.79. The molecule has 0 N–H and O–H groups in total. The van der Waals surface area contributed by atoms with E-state index in [-0.39, 0.29) is 11.6 Å². The lowest BCUT2D eigenvalue weighted by molar-refractivity contribution is -0.129. The quantitative estimate of drug-likeness (QED) is 0.543. The van der Waals surface area contributed by atoms with Crippen molar-refractivity contribution in [3.63, 3.8) is 0 Å². The van der Waals surface area contributed by atoms with Gasteiger partial charge in [-0.3, -0.25) is 0 Å². The normalized spacial score (nSPS) is 14.8. The number of rotatable bonds is 5. The van der Waals surface area contributed by atoms with Gasteiger partial charge in [-0.2, -0.15) is 0 Å². The molecule has 0 aromatic heterocycles. The highest BCUT2D eigenvalue weighted by Crippen LogP contribution is 2.39. The highest BCUT2D eigenvalue weighted by Gasteiger charge is 2.26. The molecule has 0 bridgehead atoms. The van der Waals surface area contributed by atoms with Crippen molar-refractivity contribution in [2.75, 3.05) is 21.3 Å². The van der Waals surface area contributed by atoms with E-state index < -0.39 is 5.97 Å². The van der Waals surface area contributed by atoms with Crippen LogP contribution in [0.2, 0.25) is 10.0 Å². The molecule has 1 aliphatic heterocycles. The van der Waals surface area contributed by atoms with E-state index in [2.05, 4.69) is 4.99 Å². The molecule has 1 aliphatic rings. The second kappa shape index (κ2) is 7.90. The van der Waals surface area contributed by atoms with Gasteiger partial charge in [0.25, 0.3) is 0 Å². The maximum absolute atomic E-state index is 12.2. The van der Waals surface area contributed by atoms with Crippen LogP contribution in [0.25, 0.3) is 6.08 Å². The zero-order chi connectivity index (χ0) is 19.6. The Bertz CT molecular complexity index is 944. The second-order valence-electron chi connectivity index (χ2n) is 5.42. The Hall–Kier alpha value is -2.70. The summed E-state index contributed by atoms with van der Waals surface area (Å²) in [6.45, 7) is 0. The molecule has 1 heterocycles. The standard InChI is InChI=1S/C19H15Cl2NO5/c1-24-15-7-11(8-16(25-2)17(15)26-3)18-22-14(19(23)27-18)6-10-4-5-12(20)9-13(10)21/h4-9H,1-3H3/b14-6-. The van der Waals surface area contributed by atoms with Gasteiger partial charge in [-0.05, 0) is 35.9 Å². The lowest BCUT2D eigenvalue weighted by atomic mass is 10.1. The fraction of sp³-hybridized carbons (Fsp3) is 0.158. The Labute approximate surface area is 165 Å². The molecule has 8 heteroatoms. The number of carbonyl (C=O) groups is 1. The first kappa shape index (κ1) is 19.1. The molecular formula is C19H15Cl2NO5. The summed E-state index contributed by atoms with van der Waals surface area (Å²) in [5, 5.41) is 0.900. The van der Waals surface area contributed by atoms with E-state index in [1.54, 1.807) is 30.3 Å². The molecule has 0 atom stereocenters. The lowest BCUT2D eigenvalue weighted by Gasteiger charge is -2.13. The van der Waals surface area contributed by atoms with Crippen LogP contribution < -0.4 is 14.2 Å². The van der Waals surface area contributed by atoms with E-state index in [9.17, 15) is 4.79 Å². The molecule has 0 radical (unpaired) electrons. The summed E-state index contributed by atoms with van der Waals surface area (Å²) in [4.78, 5) is 16.5. The van der Waals surface area contributed by atoms with Crippen LogP contribution in [-0.2, 0) is 9.53 Å². The van der Waals surface area contributed by atoms with Crippen LogP contribution in [0.5, 0.6) is 17.2 Å². The van der Waals surface area contributed by atoms with Crippen LogP contribution in [-0.4, -0.2) is 33.2 Å². The van der Waals surface area contributed by atoms with Gasteiger partial charge in [0.15, 0.2) is 17.2 Å². The van der Waals surface area contributed by atoms with Crippen molar-refractivity contribution in [1.82, 2.24) is 0 Å². The number of hydrogen-bond donors (Lipinski definition) is 0. The average molecular weight is 408 g/mol. The summed E-state index contributed by atoms with van der Waals surface area (Å²) >= 11 is 12.0. The van der Waals surface area contributed by atoms with Gasteiger partial charge in [0.1, 0.15) is 0 Å². The number of cyclic esters (lactones) is 1. The van der Waals surface area contributed by atoms with E-state index >= 15 is 0 Å². The molecule has 0 saturated carbocycles. The number of nitrogens with zero attached hydrogens (tertiary/aromatic N) is 1. The first-order valence-electron chi connectivity index (χ1n) is 7.74. The van der Waals surface area contributed by atoms with Gasteiger partial charge < -0.3 is 18.9 Å². The third-order valence-corrected chi connectivity index (χ3v) is 4.35. The summed E-state index contributed by atoms with van der Waals surface area (Å²) < 4.78 is 21.2. The smallest absolute Gasteiger partial charge is 0.363 e. The highest BCUT2D eigenvalue weighted by atomic mass is 35.5. The summed E-state index contributed by atoms with van der Waals surface area (Å²) in [7, 11) is 4.50. The molecule has 3 rings (SSSR count). The predicted octanol–water partition coefficient (Wildman–Crippen LogP) is 4.36. The fourth-order valence-corrected chi connectivity index (χ4v) is 2.97. The average Bonchev–Trinajstić information content (AvgIpc) is 3.03. The van der Waals surface area contributed by atoms with Gasteiger partial charge >= 0.3 is 5.97 Å². The second-order valence-corrected chi connectivity index (χ2v) is 6.26. The molecule has 0 spiro atoms. The highest BCUT2D eigenvalue weighted by molar-refractivity contribution is 6.35. The molecule has 2 aromatic rings. The van der Waals surface area contributed by atoms with Crippen molar-refractivity contribution in [3.05, 3.63) is 57.2 Å². The first-order valence-corrected chi connectivity index (χ1v) is 8.50. The Morgan fingerprint density at radius 2 is 1.67 bits per heavy atom. The SMILES string of the molecule is COc1cc(C2=N/C(=C\c3ccc(Cl)cc3Cl)C(=O)O2)cc(OC)c1OC. The number of ether oxygens (including phenoxy) is 4. The van der Waals surface area contributed by atoms with E-state index in [0.29, 0.717) is 38.4 Å². The fourth-order valence-electron chi connectivity index (χ4n) is 2.50. The largest absolute Gasteiger partial charge is 0.493 e. The molecule has 2 aromatic carbocycles. The maximum Gasteiger partial charge on any atom is 0.363 e. The summed E-state index contributed by atoms with van der Waals surface area (Å²) in [5.74, 6) is 0.797. The minimum absolute atomic E-state index is 0.114. The Morgan fingerprint density at radius 1 is 1.00 bits per heavy atom. The van der Waals surface area contributed by atoms with Crippen molar-refractivity contribution in [2.24, 2.45) is 4.99 Å². The van der Waals surface area contributed by atoms with Crippen molar-refractivity contribution < 1.29 is 23.7 Å². The molecule has 0 aliphatic carbocycles. The van der Waals surface area contributed by atoms with E-state index in [1.165, 1.54) is 27.4 Å². The molecule has 0 amide bonds. The van der Waals surface area contributed by atoms with Crippen LogP contribution in [0, 0.1) is 0 Å². The number of benzene rings is 2. The van der Waals surface area contributed by atoms with Gasteiger partial charge in [-0.1, -0.05) is 29.3 Å². The molecule has 140 valence electrons. The minimum Gasteiger partial charge on any atom is -0.493 e. The summed E-state index contributed by atoms with van der Waals surface area (Å²) in [6.07, 6.45) is 1.53. The van der Waals surface area contributed by atoms with Gasteiger partial charge in [-0.25, -0.2) is 9.79 Å². The van der Waals surface area contributed by atoms with Crippen molar-refractivity contribution in [1.29, 1.82) is 0 Å². The van der Waals surface area contributed by atoms with Gasteiger partial charge in [0.2, 0.25) is 11.6 Å². The van der Waals surface area contributed by atoms with Gasteiger partial charge in [0.05, 0.1) is 21.3 Å². The van der Waals surface area contributed by atoms with Crippen LogP contribution in [0.1, 0.15) is 11.1 Å². The number of aliphatic imine (C=N–C) groups is 1. The molecule has 27 heavy (non-hydrogen) atoms. The van der Waals surface area contributed by atoms with Gasteiger partial charge in [0, 0.05) is 15.6 Å². The third kappa shape index (κ3) is 3.86. The number of esters is 1. The molecule has 0 unspecified atom stereocenters. The Morgan fingerprint density at radius 3 is 2.22 bits per heavy atom. The van der Waals surface area contributed by atoms with Crippen LogP contribution in [0.3, 0.4) is 0 Å². The number of methoxy groups -OCH3 is 3. The molecular weight excluding hydrogens is 393 g/mol. The first-order chi connectivity index (χ1) is 13.0. The summed E-state index contributed by atoms with van der Waals surface area (Å²) in [6, 6.07) is 8.23. The van der Waals surface area contributed by atoms with Crippen molar-refractivity contribution in [3.8, 4) is 17.2 Å². The predicted molar refractivity (Wildman–Crippen MR) is 103 cm³/mol. The minimum atomic E-state index is -0.593. The monoisotopic (exact) mass is 407 g/mol. The van der Waals surface area contributed by atoms with Gasteiger partial charge in [-0.15, -0.1) is 0 Å². The maximum atomic E-state index is 12.2. The topological polar surface area (TPSA) is 66.4 Å². The van der Waals surface area contributed by atoms with E-state index in [4.69, 9.17) is 42.1 Å². The van der Waals surface area contributed by atoms with Crippen molar-refractivity contribution in [2.45, 2.75) is 0 Å².